The molecule has 0 spiro atoms. The molecule has 5 nitrogen and oxygen atoms in total. The van der Waals surface area contributed by atoms with E-state index in [2.05, 4.69) is 10.3 Å². The van der Waals surface area contributed by atoms with Gasteiger partial charge in [-0.05, 0) is 18.6 Å². The molecule has 94 valence electrons. The number of hydrogen-bond donors (Lipinski definition) is 1. The van der Waals surface area contributed by atoms with Crippen molar-refractivity contribution in [3.05, 3.63) is 49.4 Å². The van der Waals surface area contributed by atoms with Gasteiger partial charge in [0, 0.05) is 6.07 Å². The van der Waals surface area contributed by atoms with E-state index in [9.17, 15) is 10.1 Å². The molecule has 2 aromatic rings. The second kappa shape index (κ2) is 5.32. The summed E-state index contributed by atoms with van der Waals surface area (Å²) in [5.41, 5.74) is 1.40. The summed E-state index contributed by atoms with van der Waals surface area (Å²) >= 11 is 7.11. The molecule has 0 aliphatic carbocycles. The Balaban J connectivity index is 2.16. The summed E-state index contributed by atoms with van der Waals surface area (Å²) in [7, 11) is 0. The summed E-state index contributed by atoms with van der Waals surface area (Å²) in [6, 6.07) is 5.06. The van der Waals surface area contributed by atoms with Gasteiger partial charge in [0.05, 0.1) is 17.7 Å². The van der Waals surface area contributed by atoms with Crippen LogP contribution in [0.15, 0.2) is 24.4 Å². The number of thiazole rings is 1. The van der Waals surface area contributed by atoms with Gasteiger partial charge in [-0.1, -0.05) is 17.7 Å². The summed E-state index contributed by atoms with van der Waals surface area (Å²) < 4.78 is 0.602. The van der Waals surface area contributed by atoms with E-state index in [1.807, 2.05) is 13.0 Å². The number of rotatable bonds is 4. The Hall–Kier alpha value is -1.66. The fourth-order valence-electron chi connectivity index (χ4n) is 1.48. The molecule has 7 heteroatoms. The molecular formula is C11H10ClN3O2S. The molecule has 0 radical (unpaired) electrons. The summed E-state index contributed by atoms with van der Waals surface area (Å²) in [6.07, 6.45) is 1.56. The van der Waals surface area contributed by atoms with E-state index in [-0.39, 0.29) is 5.69 Å². The van der Waals surface area contributed by atoms with Gasteiger partial charge >= 0.3 is 0 Å². The highest BCUT2D eigenvalue weighted by Crippen LogP contribution is 2.26. The van der Waals surface area contributed by atoms with Crippen LogP contribution in [0.1, 0.15) is 10.6 Å². The summed E-state index contributed by atoms with van der Waals surface area (Å²) in [6.45, 7) is 2.23. The molecule has 0 bridgehead atoms. The summed E-state index contributed by atoms with van der Waals surface area (Å²) in [5, 5.41) is 14.7. The first-order valence-electron chi connectivity index (χ1n) is 5.15. The predicted molar refractivity (Wildman–Crippen MR) is 72.3 cm³/mol. The Bertz CT molecular complexity index is 585. The van der Waals surface area contributed by atoms with Crippen LogP contribution >= 0.6 is 22.9 Å². The van der Waals surface area contributed by atoms with Crippen molar-refractivity contribution in [2.24, 2.45) is 0 Å². The van der Waals surface area contributed by atoms with Gasteiger partial charge in [0.1, 0.15) is 15.0 Å². The van der Waals surface area contributed by atoms with Crippen LogP contribution < -0.4 is 5.32 Å². The van der Waals surface area contributed by atoms with Gasteiger partial charge in [0.2, 0.25) is 0 Å². The Labute approximate surface area is 113 Å². The topological polar surface area (TPSA) is 68.1 Å². The second-order valence-electron chi connectivity index (χ2n) is 3.69. The molecule has 0 aliphatic heterocycles. The number of aromatic nitrogens is 1. The summed E-state index contributed by atoms with van der Waals surface area (Å²) in [5.74, 6) is 0. The van der Waals surface area contributed by atoms with Crippen molar-refractivity contribution in [1.29, 1.82) is 0 Å². The largest absolute Gasteiger partial charge is 0.373 e. The van der Waals surface area contributed by atoms with Crippen molar-refractivity contribution in [2.45, 2.75) is 13.5 Å². The van der Waals surface area contributed by atoms with Crippen molar-refractivity contribution < 1.29 is 4.92 Å². The monoisotopic (exact) mass is 283 g/mol. The Kier molecular flexibility index (Phi) is 3.78. The van der Waals surface area contributed by atoms with Crippen LogP contribution in [0.2, 0.25) is 4.34 Å². The maximum absolute atomic E-state index is 10.9. The van der Waals surface area contributed by atoms with Gasteiger partial charge < -0.3 is 5.32 Å². The molecule has 1 heterocycles. The lowest BCUT2D eigenvalue weighted by Gasteiger charge is -2.05. The number of nitro benzene ring substituents is 1. The zero-order valence-electron chi connectivity index (χ0n) is 9.51. The van der Waals surface area contributed by atoms with E-state index >= 15 is 0 Å². The van der Waals surface area contributed by atoms with Crippen LogP contribution in [0.3, 0.4) is 0 Å². The number of benzene rings is 1. The minimum atomic E-state index is -0.399. The third-order valence-corrected chi connectivity index (χ3v) is 3.42. The smallest absolute Gasteiger partial charge is 0.292 e. The van der Waals surface area contributed by atoms with Crippen molar-refractivity contribution in [3.8, 4) is 0 Å². The molecule has 0 saturated carbocycles. The maximum Gasteiger partial charge on any atom is 0.292 e. The number of anilines is 1. The lowest BCUT2D eigenvalue weighted by Crippen LogP contribution is -2.02. The highest BCUT2D eigenvalue weighted by Gasteiger charge is 2.13. The number of hydrogen-bond acceptors (Lipinski definition) is 5. The van der Waals surface area contributed by atoms with Crippen LogP contribution in [0.25, 0.3) is 0 Å². The molecule has 0 unspecified atom stereocenters. The number of aryl methyl sites for hydroxylation is 1. The normalized spacial score (nSPS) is 10.3. The van der Waals surface area contributed by atoms with E-state index in [1.165, 1.54) is 17.4 Å². The Morgan fingerprint density at radius 1 is 1.56 bits per heavy atom. The van der Waals surface area contributed by atoms with Crippen LogP contribution in [-0.2, 0) is 6.54 Å². The van der Waals surface area contributed by atoms with Crippen LogP contribution in [-0.4, -0.2) is 9.91 Å². The zero-order chi connectivity index (χ0) is 13.1. The van der Waals surface area contributed by atoms with Crippen LogP contribution in [0, 0.1) is 17.0 Å². The highest BCUT2D eigenvalue weighted by atomic mass is 35.5. The SMILES string of the molecule is Cc1ccc(NCc2ncc(Cl)s2)c([N+](=O)[O-])c1. The van der Waals surface area contributed by atoms with Gasteiger partial charge in [0.25, 0.3) is 5.69 Å². The van der Waals surface area contributed by atoms with Gasteiger partial charge in [0.15, 0.2) is 0 Å². The van der Waals surface area contributed by atoms with E-state index < -0.39 is 4.92 Å². The Morgan fingerprint density at radius 3 is 2.94 bits per heavy atom. The minimum absolute atomic E-state index is 0.0673. The van der Waals surface area contributed by atoms with Gasteiger partial charge in [-0.3, -0.25) is 10.1 Å². The average molecular weight is 284 g/mol. The van der Waals surface area contributed by atoms with Gasteiger partial charge in [-0.15, -0.1) is 11.3 Å². The van der Waals surface area contributed by atoms with E-state index in [0.29, 0.717) is 16.6 Å². The molecule has 18 heavy (non-hydrogen) atoms. The lowest BCUT2D eigenvalue weighted by molar-refractivity contribution is -0.384. The maximum atomic E-state index is 10.9. The first-order chi connectivity index (χ1) is 8.56. The van der Waals surface area contributed by atoms with Gasteiger partial charge in [-0.25, -0.2) is 4.98 Å². The molecule has 0 fully saturated rings. The third kappa shape index (κ3) is 2.96. The molecule has 0 saturated heterocycles. The highest BCUT2D eigenvalue weighted by molar-refractivity contribution is 7.15. The zero-order valence-corrected chi connectivity index (χ0v) is 11.1. The van der Waals surface area contributed by atoms with E-state index in [1.54, 1.807) is 12.3 Å². The quantitative estimate of drug-likeness (QED) is 0.687. The summed E-state index contributed by atoms with van der Waals surface area (Å²) in [4.78, 5) is 14.6. The van der Waals surface area contributed by atoms with Crippen molar-refractivity contribution >= 4 is 34.3 Å². The molecular weight excluding hydrogens is 274 g/mol. The van der Waals surface area contributed by atoms with E-state index in [4.69, 9.17) is 11.6 Å². The molecule has 1 aromatic carbocycles. The standard InChI is InChI=1S/C11H10ClN3O2S/c1-7-2-3-8(9(4-7)15(16)17)13-6-11-14-5-10(12)18-11/h2-5,13H,6H2,1H3. The molecule has 2 rings (SSSR count). The number of nitrogens with zero attached hydrogens (tertiary/aromatic N) is 2. The second-order valence-corrected chi connectivity index (χ2v) is 5.44. The van der Waals surface area contributed by atoms with Crippen molar-refractivity contribution in [3.63, 3.8) is 0 Å². The molecule has 1 aromatic heterocycles. The fourth-order valence-corrected chi connectivity index (χ4v) is 2.38. The van der Waals surface area contributed by atoms with Crippen molar-refractivity contribution in [1.82, 2.24) is 4.98 Å². The lowest BCUT2D eigenvalue weighted by atomic mass is 10.2. The predicted octanol–water partition coefficient (Wildman–Crippen LogP) is 3.63. The first-order valence-corrected chi connectivity index (χ1v) is 6.35. The number of nitrogens with one attached hydrogen (secondary N) is 1. The number of nitro groups is 1. The molecule has 0 amide bonds. The molecule has 1 N–H and O–H groups in total. The third-order valence-electron chi connectivity index (χ3n) is 2.31. The molecule has 0 aliphatic rings. The van der Waals surface area contributed by atoms with Crippen LogP contribution in [0.5, 0.6) is 0 Å². The minimum Gasteiger partial charge on any atom is -0.373 e. The fraction of sp³-hybridized carbons (Fsp3) is 0.182. The Morgan fingerprint density at radius 2 is 2.33 bits per heavy atom. The first kappa shape index (κ1) is 12.8. The van der Waals surface area contributed by atoms with E-state index in [0.717, 1.165) is 10.6 Å². The van der Waals surface area contributed by atoms with Crippen LogP contribution in [0.4, 0.5) is 11.4 Å². The van der Waals surface area contributed by atoms with Gasteiger partial charge in [-0.2, -0.15) is 0 Å². The average Bonchev–Trinajstić information content (AvgIpc) is 2.73. The molecule has 0 atom stereocenters. The van der Waals surface area contributed by atoms with Crippen molar-refractivity contribution in [2.75, 3.05) is 5.32 Å². The number of halogens is 1.